The predicted molar refractivity (Wildman–Crippen MR) is 316 cm³/mol. The van der Waals surface area contributed by atoms with Crippen LogP contribution >= 0.6 is 0 Å². The number of allylic oxidation sites excluding steroid dienone is 10. The van der Waals surface area contributed by atoms with Crippen molar-refractivity contribution in [1.82, 2.24) is 0 Å². The van der Waals surface area contributed by atoms with Gasteiger partial charge in [0.25, 0.3) is 0 Å². The molecule has 0 rings (SSSR count). The van der Waals surface area contributed by atoms with Gasteiger partial charge in [-0.25, -0.2) is 0 Å². The standard InChI is InChI=1S/C67H120O6/c1-4-7-10-13-16-19-21-23-25-27-28-29-30-31-32-33-34-35-36-37-38-40-41-43-45-48-51-54-57-60-66(69)72-63-64(62-71-65(68)59-56-53-50-47-18-15-12-9-6-3)73-67(70)61-58-55-52-49-46-44-42-39-26-24-22-20-17-14-11-8-5-2/h7,10,16,19,23,25,28-29,31-32,64H,4-6,8-9,11-15,17-18,20-22,24,26-27,30,33-63H2,1-3H3/b10-7-,19-16-,25-23-,29-28-,32-31-. The average molecular weight is 1020 g/mol. The molecule has 424 valence electrons. The Morgan fingerprint density at radius 1 is 0.288 bits per heavy atom. The van der Waals surface area contributed by atoms with Crippen LogP contribution in [-0.2, 0) is 28.6 Å². The number of carbonyl (C=O) groups is 3. The maximum absolute atomic E-state index is 12.9. The first-order chi connectivity index (χ1) is 36.0. The Morgan fingerprint density at radius 3 is 0.836 bits per heavy atom. The first kappa shape index (κ1) is 70.1. The monoisotopic (exact) mass is 1020 g/mol. The zero-order chi connectivity index (χ0) is 52.9. The van der Waals surface area contributed by atoms with Crippen molar-refractivity contribution in [2.75, 3.05) is 13.2 Å². The van der Waals surface area contributed by atoms with Gasteiger partial charge < -0.3 is 14.2 Å². The first-order valence-electron chi connectivity index (χ1n) is 31.8. The SMILES string of the molecule is CC/C=C\C/C=C\C/C=C\C/C=C\C/C=C\CCCCCCCCCCCCCCCC(=O)OCC(COC(=O)CCCCCCCCCCC)OC(=O)CCCCCCCCCCCCCCCCCCC. The highest BCUT2D eigenvalue weighted by Gasteiger charge is 2.19. The van der Waals surface area contributed by atoms with Crippen LogP contribution in [0, 0.1) is 0 Å². The summed E-state index contributed by atoms with van der Waals surface area (Å²) < 4.78 is 16.9. The fraction of sp³-hybridized carbons (Fsp3) is 0.806. The van der Waals surface area contributed by atoms with Crippen molar-refractivity contribution in [3.05, 3.63) is 60.8 Å². The van der Waals surface area contributed by atoms with E-state index in [9.17, 15) is 14.4 Å². The second kappa shape index (κ2) is 61.7. The van der Waals surface area contributed by atoms with Crippen molar-refractivity contribution in [3.8, 4) is 0 Å². The molecule has 0 N–H and O–H groups in total. The van der Waals surface area contributed by atoms with Crippen LogP contribution in [0.15, 0.2) is 60.8 Å². The van der Waals surface area contributed by atoms with E-state index in [1.807, 2.05) is 0 Å². The van der Waals surface area contributed by atoms with Crippen molar-refractivity contribution in [1.29, 1.82) is 0 Å². The van der Waals surface area contributed by atoms with E-state index < -0.39 is 6.10 Å². The Hall–Kier alpha value is -2.89. The molecule has 0 amide bonds. The summed E-state index contributed by atoms with van der Waals surface area (Å²) in [6.45, 7) is 6.55. The third kappa shape index (κ3) is 59.9. The molecule has 1 unspecified atom stereocenters. The van der Waals surface area contributed by atoms with E-state index >= 15 is 0 Å². The minimum atomic E-state index is -0.769. The smallest absolute Gasteiger partial charge is 0.306 e. The highest BCUT2D eigenvalue weighted by molar-refractivity contribution is 5.71. The summed E-state index contributed by atoms with van der Waals surface area (Å²) in [5.74, 6) is -0.854. The van der Waals surface area contributed by atoms with Crippen molar-refractivity contribution in [2.45, 2.75) is 335 Å². The molecule has 0 aliphatic rings. The quantitative estimate of drug-likeness (QED) is 0.0261. The van der Waals surface area contributed by atoms with E-state index in [0.717, 1.165) is 89.9 Å². The topological polar surface area (TPSA) is 78.9 Å². The molecule has 1 atom stereocenters. The molecule has 0 aliphatic carbocycles. The maximum Gasteiger partial charge on any atom is 0.306 e. The molecule has 0 spiro atoms. The molecule has 0 fully saturated rings. The largest absolute Gasteiger partial charge is 0.462 e. The summed E-state index contributed by atoms with van der Waals surface area (Å²) in [7, 11) is 0. The van der Waals surface area contributed by atoms with Gasteiger partial charge in [0.2, 0.25) is 0 Å². The summed E-state index contributed by atoms with van der Waals surface area (Å²) in [5, 5.41) is 0. The van der Waals surface area contributed by atoms with Crippen molar-refractivity contribution in [2.24, 2.45) is 0 Å². The molecule has 0 radical (unpaired) electrons. The normalized spacial score (nSPS) is 12.4. The molecule has 0 bridgehead atoms. The van der Waals surface area contributed by atoms with Crippen LogP contribution in [0.5, 0.6) is 0 Å². The van der Waals surface area contributed by atoms with Gasteiger partial charge >= 0.3 is 17.9 Å². The highest BCUT2D eigenvalue weighted by atomic mass is 16.6. The summed E-state index contributed by atoms with van der Waals surface area (Å²) in [6, 6.07) is 0. The van der Waals surface area contributed by atoms with E-state index in [1.54, 1.807) is 0 Å². The van der Waals surface area contributed by atoms with Crippen LogP contribution in [0.1, 0.15) is 329 Å². The Balaban J connectivity index is 4.13. The van der Waals surface area contributed by atoms with E-state index in [0.29, 0.717) is 19.3 Å². The minimum Gasteiger partial charge on any atom is -0.462 e. The molecule has 0 saturated heterocycles. The van der Waals surface area contributed by atoms with Crippen molar-refractivity contribution < 1.29 is 28.6 Å². The van der Waals surface area contributed by atoms with E-state index in [2.05, 4.69) is 81.5 Å². The van der Waals surface area contributed by atoms with Crippen molar-refractivity contribution >= 4 is 17.9 Å². The Morgan fingerprint density at radius 2 is 0.534 bits per heavy atom. The number of hydrogen-bond acceptors (Lipinski definition) is 6. The number of hydrogen-bond donors (Lipinski definition) is 0. The van der Waals surface area contributed by atoms with Crippen LogP contribution in [0.4, 0.5) is 0 Å². The molecule has 0 saturated carbocycles. The molecule has 0 heterocycles. The van der Waals surface area contributed by atoms with Gasteiger partial charge in [-0.05, 0) is 64.2 Å². The van der Waals surface area contributed by atoms with Gasteiger partial charge in [-0.15, -0.1) is 0 Å². The van der Waals surface area contributed by atoms with Gasteiger partial charge in [-0.3, -0.25) is 14.4 Å². The third-order valence-electron chi connectivity index (χ3n) is 14.0. The number of carbonyl (C=O) groups excluding carboxylic acids is 3. The maximum atomic E-state index is 12.9. The lowest BCUT2D eigenvalue weighted by atomic mass is 10.0. The molecular formula is C67H120O6. The molecule has 6 heteroatoms. The van der Waals surface area contributed by atoms with Crippen LogP contribution in [0.3, 0.4) is 0 Å². The molecule has 6 nitrogen and oxygen atoms in total. The Kier molecular flexibility index (Phi) is 59.2. The minimum absolute atomic E-state index is 0.0687. The summed E-state index contributed by atoms with van der Waals surface area (Å²) >= 11 is 0. The second-order valence-corrected chi connectivity index (χ2v) is 21.3. The molecular weight excluding hydrogens is 901 g/mol. The fourth-order valence-corrected chi connectivity index (χ4v) is 9.30. The second-order valence-electron chi connectivity index (χ2n) is 21.3. The number of rotatable bonds is 58. The van der Waals surface area contributed by atoms with Gasteiger partial charge in [-0.2, -0.15) is 0 Å². The average Bonchev–Trinajstić information content (AvgIpc) is 3.39. The number of esters is 3. The fourth-order valence-electron chi connectivity index (χ4n) is 9.30. The Labute approximate surface area is 453 Å². The van der Waals surface area contributed by atoms with Crippen LogP contribution in [0.2, 0.25) is 0 Å². The van der Waals surface area contributed by atoms with Gasteiger partial charge in [0, 0.05) is 19.3 Å². The molecule has 73 heavy (non-hydrogen) atoms. The number of ether oxygens (including phenoxy) is 3. The van der Waals surface area contributed by atoms with Gasteiger partial charge in [-0.1, -0.05) is 306 Å². The van der Waals surface area contributed by atoms with E-state index in [1.165, 1.54) is 199 Å². The molecule has 0 aliphatic heterocycles. The van der Waals surface area contributed by atoms with Gasteiger partial charge in [0.15, 0.2) is 6.10 Å². The predicted octanol–water partition coefficient (Wildman–Crippen LogP) is 21.6. The van der Waals surface area contributed by atoms with Gasteiger partial charge in [0.1, 0.15) is 13.2 Å². The first-order valence-corrected chi connectivity index (χ1v) is 31.8. The number of unbranched alkanes of at least 4 members (excludes halogenated alkanes) is 37. The van der Waals surface area contributed by atoms with E-state index in [-0.39, 0.29) is 31.1 Å². The molecule has 0 aromatic carbocycles. The van der Waals surface area contributed by atoms with Crippen LogP contribution < -0.4 is 0 Å². The van der Waals surface area contributed by atoms with E-state index in [4.69, 9.17) is 14.2 Å². The van der Waals surface area contributed by atoms with Crippen LogP contribution in [0.25, 0.3) is 0 Å². The van der Waals surface area contributed by atoms with Gasteiger partial charge in [0.05, 0.1) is 0 Å². The molecule has 0 aromatic rings. The third-order valence-corrected chi connectivity index (χ3v) is 14.0. The highest BCUT2D eigenvalue weighted by Crippen LogP contribution is 2.17. The zero-order valence-corrected chi connectivity index (χ0v) is 48.7. The lowest BCUT2D eigenvalue weighted by Crippen LogP contribution is -2.30. The summed E-state index contributed by atoms with van der Waals surface area (Å²) in [6.07, 6.45) is 78.1. The zero-order valence-electron chi connectivity index (χ0n) is 48.7. The summed E-state index contributed by atoms with van der Waals surface area (Å²) in [4.78, 5) is 38.1. The van der Waals surface area contributed by atoms with Crippen molar-refractivity contribution in [3.63, 3.8) is 0 Å². The lowest BCUT2D eigenvalue weighted by molar-refractivity contribution is -0.167. The Bertz CT molecular complexity index is 1310. The lowest BCUT2D eigenvalue weighted by Gasteiger charge is -2.18. The summed E-state index contributed by atoms with van der Waals surface area (Å²) in [5.41, 5.74) is 0. The van der Waals surface area contributed by atoms with Crippen LogP contribution in [-0.4, -0.2) is 37.2 Å². The molecule has 0 aromatic heterocycles.